The van der Waals surface area contributed by atoms with Crippen LogP contribution >= 0.6 is 12.2 Å². The molecule has 1 N–H and O–H groups in total. The fourth-order valence-electron chi connectivity index (χ4n) is 4.05. The molecule has 31 heavy (non-hydrogen) atoms. The van der Waals surface area contributed by atoms with Gasteiger partial charge in [-0.1, -0.05) is 12.1 Å². The summed E-state index contributed by atoms with van der Waals surface area (Å²) in [7, 11) is 0. The van der Waals surface area contributed by atoms with Gasteiger partial charge in [-0.2, -0.15) is 0 Å². The molecule has 0 aliphatic carbocycles. The fourth-order valence-corrected chi connectivity index (χ4v) is 4.32. The second-order valence-electron chi connectivity index (χ2n) is 8.03. The van der Waals surface area contributed by atoms with Crippen molar-refractivity contribution in [1.82, 2.24) is 5.32 Å². The number of anilines is 2. The van der Waals surface area contributed by atoms with Gasteiger partial charge in [0, 0.05) is 13.1 Å². The summed E-state index contributed by atoms with van der Waals surface area (Å²) in [6, 6.07) is 8.75. The maximum atomic E-state index is 14.8. The molecule has 0 saturated carbocycles. The maximum absolute atomic E-state index is 14.8. The first-order valence-electron chi connectivity index (χ1n) is 10.3. The number of halogens is 1. The van der Waals surface area contributed by atoms with E-state index in [9.17, 15) is 14.0 Å². The Hall–Kier alpha value is -3.06. The molecule has 4 rings (SSSR count). The summed E-state index contributed by atoms with van der Waals surface area (Å²) in [4.78, 5) is 29.3. The fraction of sp³-hybridized carbons (Fsp3) is 0.292. The van der Waals surface area contributed by atoms with Crippen molar-refractivity contribution in [3.63, 3.8) is 0 Å². The number of hydrogen-bond acceptors (Lipinski definition) is 4. The molecular formula is C24H24FN3O2S. The summed E-state index contributed by atoms with van der Waals surface area (Å²) >= 11 is 5.29. The van der Waals surface area contributed by atoms with E-state index in [0.717, 1.165) is 42.6 Å². The minimum absolute atomic E-state index is 0.0353. The molecule has 2 amide bonds. The van der Waals surface area contributed by atoms with E-state index in [0.29, 0.717) is 16.9 Å². The highest BCUT2D eigenvalue weighted by Crippen LogP contribution is 2.30. The van der Waals surface area contributed by atoms with Crippen LogP contribution in [-0.2, 0) is 9.59 Å². The van der Waals surface area contributed by atoms with Crippen LogP contribution in [0.15, 0.2) is 35.9 Å². The van der Waals surface area contributed by atoms with Gasteiger partial charge in [0.25, 0.3) is 11.8 Å². The van der Waals surface area contributed by atoms with Crippen LogP contribution in [0.5, 0.6) is 0 Å². The van der Waals surface area contributed by atoms with E-state index < -0.39 is 11.8 Å². The van der Waals surface area contributed by atoms with Gasteiger partial charge >= 0.3 is 0 Å². The second-order valence-corrected chi connectivity index (χ2v) is 8.42. The molecule has 160 valence electrons. The van der Waals surface area contributed by atoms with Crippen molar-refractivity contribution in [3.8, 4) is 0 Å². The van der Waals surface area contributed by atoms with Crippen molar-refractivity contribution in [2.45, 2.75) is 33.6 Å². The Morgan fingerprint density at radius 1 is 1.03 bits per heavy atom. The first-order valence-corrected chi connectivity index (χ1v) is 10.7. The molecule has 2 heterocycles. The Morgan fingerprint density at radius 2 is 1.74 bits per heavy atom. The molecule has 2 aliphatic rings. The predicted molar refractivity (Wildman–Crippen MR) is 125 cm³/mol. The Bertz CT molecular complexity index is 1140. The van der Waals surface area contributed by atoms with Crippen LogP contribution in [0.25, 0.3) is 6.08 Å². The molecule has 5 nitrogen and oxygen atoms in total. The predicted octanol–water partition coefficient (Wildman–Crippen LogP) is 4.18. The smallest absolute Gasteiger partial charge is 0.270 e. The number of nitrogens with zero attached hydrogens (tertiary/aromatic N) is 2. The summed E-state index contributed by atoms with van der Waals surface area (Å²) in [6.45, 7) is 7.36. The molecule has 0 unspecified atom stereocenters. The SMILES string of the molecule is Cc1cc(N2CCCC2)c(F)cc1C=C1C(=O)NC(=S)N(c2cccc(C)c2C)C1=O. The Labute approximate surface area is 186 Å². The minimum atomic E-state index is -0.583. The van der Waals surface area contributed by atoms with E-state index >= 15 is 0 Å². The zero-order valence-corrected chi connectivity index (χ0v) is 18.6. The lowest BCUT2D eigenvalue weighted by molar-refractivity contribution is -0.122. The topological polar surface area (TPSA) is 52.7 Å². The lowest BCUT2D eigenvalue weighted by atomic mass is 10.0. The number of hydrogen-bond donors (Lipinski definition) is 1. The van der Waals surface area contributed by atoms with Gasteiger partial charge in [-0.15, -0.1) is 0 Å². The molecule has 0 radical (unpaired) electrons. The van der Waals surface area contributed by atoms with Gasteiger partial charge in [0.2, 0.25) is 0 Å². The number of rotatable bonds is 3. The molecule has 7 heteroatoms. The molecule has 2 aliphatic heterocycles. The van der Waals surface area contributed by atoms with Crippen molar-refractivity contribution in [2.75, 3.05) is 22.9 Å². The Balaban J connectivity index is 1.74. The van der Waals surface area contributed by atoms with Gasteiger partial charge in [-0.25, -0.2) is 4.39 Å². The summed E-state index contributed by atoms with van der Waals surface area (Å²) in [5, 5.41) is 2.63. The third-order valence-corrected chi connectivity index (χ3v) is 6.29. The quantitative estimate of drug-likeness (QED) is 0.445. The number of carbonyl (C=O) groups excluding carboxylic acids is 2. The average Bonchev–Trinajstić information content (AvgIpc) is 3.25. The van der Waals surface area contributed by atoms with Crippen LogP contribution in [-0.4, -0.2) is 30.0 Å². The largest absolute Gasteiger partial charge is 0.369 e. The summed E-state index contributed by atoms with van der Waals surface area (Å²) < 4.78 is 14.8. The number of amides is 2. The molecule has 0 spiro atoms. The molecule has 2 aromatic rings. The monoisotopic (exact) mass is 437 g/mol. The van der Waals surface area contributed by atoms with Gasteiger partial charge < -0.3 is 4.90 Å². The van der Waals surface area contributed by atoms with Crippen LogP contribution in [0.4, 0.5) is 15.8 Å². The normalized spacial score (nSPS) is 18.2. The summed E-state index contributed by atoms with van der Waals surface area (Å²) in [6.07, 6.45) is 3.55. The summed E-state index contributed by atoms with van der Waals surface area (Å²) in [5.74, 6) is -1.46. The first-order chi connectivity index (χ1) is 14.8. The first kappa shape index (κ1) is 21.2. The van der Waals surface area contributed by atoms with Crippen LogP contribution in [0.2, 0.25) is 0 Å². The zero-order chi connectivity index (χ0) is 22.3. The van der Waals surface area contributed by atoms with E-state index in [-0.39, 0.29) is 16.5 Å². The highest BCUT2D eigenvalue weighted by atomic mass is 32.1. The molecule has 0 atom stereocenters. The average molecular weight is 438 g/mol. The Morgan fingerprint density at radius 3 is 2.45 bits per heavy atom. The van der Waals surface area contributed by atoms with E-state index in [1.165, 1.54) is 17.0 Å². The molecule has 0 bridgehead atoms. The number of benzene rings is 2. The molecule has 0 aromatic heterocycles. The van der Waals surface area contributed by atoms with Gasteiger partial charge in [0.15, 0.2) is 5.11 Å². The van der Waals surface area contributed by atoms with E-state index in [2.05, 4.69) is 5.32 Å². The lowest BCUT2D eigenvalue weighted by Gasteiger charge is -2.30. The van der Waals surface area contributed by atoms with Crippen molar-refractivity contribution in [2.24, 2.45) is 0 Å². The highest BCUT2D eigenvalue weighted by molar-refractivity contribution is 7.80. The van der Waals surface area contributed by atoms with E-state index in [1.807, 2.05) is 37.8 Å². The highest BCUT2D eigenvalue weighted by Gasteiger charge is 2.35. The lowest BCUT2D eigenvalue weighted by Crippen LogP contribution is -2.54. The van der Waals surface area contributed by atoms with Crippen molar-refractivity contribution < 1.29 is 14.0 Å². The van der Waals surface area contributed by atoms with Crippen LogP contribution in [0, 0.1) is 26.6 Å². The van der Waals surface area contributed by atoms with Crippen LogP contribution < -0.4 is 15.1 Å². The third-order valence-electron chi connectivity index (χ3n) is 6.00. The second kappa shape index (κ2) is 8.23. The van der Waals surface area contributed by atoms with Gasteiger partial charge in [-0.3, -0.25) is 19.8 Å². The van der Waals surface area contributed by atoms with Crippen LogP contribution in [0.3, 0.4) is 0 Å². The molecule has 2 aromatic carbocycles. The molecular weight excluding hydrogens is 413 g/mol. The number of nitrogens with one attached hydrogen (secondary N) is 1. The number of thiocarbonyl (C=S) groups is 1. The van der Waals surface area contributed by atoms with E-state index in [4.69, 9.17) is 12.2 Å². The van der Waals surface area contributed by atoms with Crippen molar-refractivity contribution in [3.05, 3.63) is 64.0 Å². The number of aryl methyl sites for hydroxylation is 2. The van der Waals surface area contributed by atoms with Gasteiger partial charge in [0.05, 0.1) is 11.4 Å². The minimum Gasteiger partial charge on any atom is -0.369 e. The summed E-state index contributed by atoms with van der Waals surface area (Å²) in [5.41, 5.74) is 4.29. The van der Waals surface area contributed by atoms with E-state index in [1.54, 1.807) is 12.1 Å². The zero-order valence-electron chi connectivity index (χ0n) is 17.8. The maximum Gasteiger partial charge on any atom is 0.270 e. The third kappa shape index (κ3) is 3.85. The molecule has 2 saturated heterocycles. The number of carbonyl (C=O) groups is 2. The molecule has 2 fully saturated rings. The standard InChI is InChI=1S/C24H24FN3O2S/c1-14-7-6-8-20(16(14)3)28-23(30)18(22(29)26-24(28)31)12-17-13-19(25)21(11-15(17)2)27-9-4-5-10-27/h6-8,11-13H,4-5,9-10H2,1-3H3,(H,26,29,31). The van der Waals surface area contributed by atoms with Gasteiger partial charge in [-0.05, 0) is 92.4 Å². The Kier molecular flexibility index (Phi) is 5.62. The van der Waals surface area contributed by atoms with Gasteiger partial charge in [0.1, 0.15) is 11.4 Å². The van der Waals surface area contributed by atoms with Crippen LogP contribution in [0.1, 0.15) is 35.1 Å². The van der Waals surface area contributed by atoms with Crippen molar-refractivity contribution in [1.29, 1.82) is 0 Å². The van der Waals surface area contributed by atoms with Crippen molar-refractivity contribution >= 4 is 46.6 Å².